The second kappa shape index (κ2) is 3.44. The third kappa shape index (κ3) is 1.78. The quantitative estimate of drug-likeness (QED) is 0.656. The van der Waals surface area contributed by atoms with Gasteiger partial charge in [0.2, 0.25) is 0 Å². The Labute approximate surface area is 73.4 Å². The number of hydrogen-bond acceptors (Lipinski definition) is 2. The third-order valence-electron chi connectivity index (χ3n) is 2.26. The minimum absolute atomic E-state index is 0.0217. The van der Waals surface area contributed by atoms with Crippen LogP contribution in [-0.2, 0) is 4.79 Å². The van der Waals surface area contributed by atoms with E-state index < -0.39 is 6.10 Å². The smallest absolute Gasteiger partial charge is 0.251 e. The number of aliphatic hydroxyl groups is 1. The molecule has 0 radical (unpaired) electrons. The third-order valence-corrected chi connectivity index (χ3v) is 2.26. The molecule has 0 saturated carbocycles. The molecular formula is C9H17NO2. The van der Waals surface area contributed by atoms with Gasteiger partial charge < -0.3 is 10.0 Å². The number of amides is 1. The van der Waals surface area contributed by atoms with Crippen LogP contribution >= 0.6 is 0 Å². The standard InChI is InChI=1S/C9H17NO2/c1-6(2)8(11)9(12)10-4-7(3)5-10/h6-8,11H,4-5H2,1-3H3/t8-/m0/s1. The average Bonchev–Trinajstić information content (AvgIpc) is 1.95. The van der Waals surface area contributed by atoms with Crippen LogP contribution in [0.2, 0.25) is 0 Å². The fraction of sp³-hybridized carbons (Fsp3) is 0.889. The number of carbonyl (C=O) groups is 1. The van der Waals surface area contributed by atoms with Crippen molar-refractivity contribution < 1.29 is 9.90 Å². The molecule has 1 atom stereocenters. The fourth-order valence-corrected chi connectivity index (χ4v) is 1.35. The van der Waals surface area contributed by atoms with Crippen molar-refractivity contribution in [3.05, 3.63) is 0 Å². The molecule has 1 heterocycles. The lowest BCUT2D eigenvalue weighted by molar-refractivity contribution is -0.148. The van der Waals surface area contributed by atoms with Crippen molar-refractivity contribution in [3.8, 4) is 0 Å². The predicted octanol–water partition coefficient (Wildman–Crippen LogP) is 0.482. The van der Waals surface area contributed by atoms with Gasteiger partial charge in [0.1, 0.15) is 6.10 Å². The summed E-state index contributed by atoms with van der Waals surface area (Å²) in [6, 6.07) is 0. The first-order chi connectivity index (χ1) is 5.52. The summed E-state index contributed by atoms with van der Waals surface area (Å²) in [5.74, 6) is 0.518. The molecule has 0 spiro atoms. The van der Waals surface area contributed by atoms with Crippen LogP contribution in [0.15, 0.2) is 0 Å². The zero-order valence-electron chi connectivity index (χ0n) is 7.95. The van der Waals surface area contributed by atoms with Gasteiger partial charge in [0.05, 0.1) is 0 Å². The topological polar surface area (TPSA) is 40.5 Å². The second-order valence-corrected chi connectivity index (χ2v) is 4.04. The SMILES string of the molecule is CC1CN(C(=O)[C@@H](O)C(C)C)C1. The molecule has 0 aromatic carbocycles. The number of nitrogens with zero attached hydrogens (tertiary/aromatic N) is 1. The Morgan fingerprint density at radius 2 is 2.00 bits per heavy atom. The van der Waals surface area contributed by atoms with E-state index >= 15 is 0 Å². The van der Waals surface area contributed by atoms with Crippen LogP contribution < -0.4 is 0 Å². The fourth-order valence-electron chi connectivity index (χ4n) is 1.35. The summed E-state index contributed by atoms with van der Waals surface area (Å²) < 4.78 is 0. The van der Waals surface area contributed by atoms with E-state index in [4.69, 9.17) is 0 Å². The lowest BCUT2D eigenvalue weighted by atomic mass is 9.99. The molecule has 1 rings (SSSR count). The number of hydrogen-bond donors (Lipinski definition) is 1. The van der Waals surface area contributed by atoms with Crippen molar-refractivity contribution in [2.75, 3.05) is 13.1 Å². The summed E-state index contributed by atoms with van der Waals surface area (Å²) in [7, 11) is 0. The lowest BCUT2D eigenvalue weighted by Gasteiger charge is -2.38. The maximum atomic E-state index is 11.4. The Kier molecular flexibility index (Phi) is 2.73. The van der Waals surface area contributed by atoms with Gasteiger partial charge in [0, 0.05) is 13.1 Å². The normalized spacial score (nSPS) is 20.9. The van der Waals surface area contributed by atoms with Crippen LogP contribution in [-0.4, -0.2) is 35.1 Å². The Morgan fingerprint density at radius 3 is 2.33 bits per heavy atom. The van der Waals surface area contributed by atoms with E-state index in [0.717, 1.165) is 13.1 Å². The van der Waals surface area contributed by atoms with Gasteiger partial charge in [-0.25, -0.2) is 0 Å². The zero-order valence-corrected chi connectivity index (χ0v) is 7.95. The van der Waals surface area contributed by atoms with Gasteiger partial charge in [0.15, 0.2) is 0 Å². The van der Waals surface area contributed by atoms with Crippen LogP contribution in [0.3, 0.4) is 0 Å². The molecule has 0 aromatic heterocycles. The molecule has 0 bridgehead atoms. The summed E-state index contributed by atoms with van der Waals surface area (Å²) in [6.45, 7) is 7.42. The summed E-state index contributed by atoms with van der Waals surface area (Å²) in [6.07, 6.45) is -0.808. The molecule has 1 saturated heterocycles. The van der Waals surface area contributed by atoms with E-state index in [0.29, 0.717) is 5.92 Å². The van der Waals surface area contributed by atoms with E-state index in [1.54, 1.807) is 4.90 Å². The van der Waals surface area contributed by atoms with Gasteiger partial charge in [0.25, 0.3) is 5.91 Å². The summed E-state index contributed by atoms with van der Waals surface area (Å²) >= 11 is 0. The van der Waals surface area contributed by atoms with Crippen molar-refractivity contribution in [2.24, 2.45) is 11.8 Å². The molecule has 0 unspecified atom stereocenters. The lowest BCUT2D eigenvalue weighted by Crippen LogP contribution is -2.53. The van der Waals surface area contributed by atoms with Crippen molar-refractivity contribution in [3.63, 3.8) is 0 Å². The Hall–Kier alpha value is -0.570. The van der Waals surface area contributed by atoms with Crippen molar-refractivity contribution in [2.45, 2.75) is 26.9 Å². The number of carbonyl (C=O) groups excluding carboxylic acids is 1. The summed E-state index contributed by atoms with van der Waals surface area (Å²) in [4.78, 5) is 13.1. The minimum Gasteiger partial charge on any atom is -0.383 e. The first kappa shape index (κ1) is 9.52. The Balaban J connectivity index is 2.38. The van der Waals surface area contributed by atoms with Crippen molar-refractivity contribution >= 4 is 5.91 Å². The predicted molar refractivity (Wildman–Crippen MR) is 46.6 cm³/mol. The zero-order chi connectivity index (χ0) is 9.30. The van der Waals surface area contributed by atoms with Gasteiger partial charge in [-0.15, -0.1) is 0 Å². The Morgan fingerprint density at radius 1 is 1.50 bits per heavy atom. The molecule has 1 N–H and O–H groups in total. The summed E-state index contributed by atoms with van der Waals surface area (Å²) in [5.41, 5.74) is 0. The van der Waals surface area contributed by atoms with E-state index in [1.807, 2.05) is 13.8 Å². The highest BCUT2D eigenvalue weighted by molar-refractivity contribution is 5.81. The molecule has 0 aliphatic carbocycles. The van der Waals surface area contributed by atoms with Crippen molar-refractivity contribution in [1.29, 1.82) is 0 Å². The highest BCUT2D eigenvalue weighted by Gasteiger charge is 2.32. The van der Waals surface area contributed by atoms with Crippen LogP contribution in [0.4, 0.5) is 0 Å². The molecule has 12 heavy (non-hydrogen) atoms. The van der Waals surface area contributed by atoms with E-state index in [2.05, 4.69) is 6.92 Å². The molecule has 1 fully saturated rings. The highest BCUT2D eigenvalue weighted by atomic mass is 16.3. The molecule has 0 aromatic rings. The number of aliphatic hydroxyl groups excluding tert-OH is 1. The van der Waals surface area contributed by atoms with Crippen LogP contribution in [0.25, 0.3) is 0 Å². The molecule has 1 aliphatic rings. The largest absolute Gasteiger partial charge is 0.383 e. The van der Waals surface area contributed by atoms with Crippen LogP contribution in [0, 0.1) is 11.8 Å². The van der Waals surface area contributed by atoms with Gasteiger partial charge in [-0.05, 0) is 11.8 Å². The number of rotatable bonds is 2. The van der Waals surface area contributed by atoms with Gasteiger partial charge in [-0.2, -0.15) is 0 Å². The minimum atomic E-state index is -0.808. The van der Waals surface area contributed by atoms with E-state index in [-0.39, 0.29) is 11.8 Å². The van der Waals surface area contributed by atoms with Gasteiger partial charge in [-0.3, -0.25) is 4.79 Å². The average molecular weight is 171 g/mol. The maximum Gasteiger partial charge on any atom is 0.251 e. The molecule has 3 nitrogen and oxygen atoms in total. The van der Waals surface area contributed by atoms with E-state index in [1.165, 1.54) is 0 Å². The second-order valence-electron chi connectivity index (χ2n) is 4.04. The number of likely N-dealkylation sites (tertiary alicyclic amines) is 1. The van der Waals surface area contributed by atoms with Crippen molar-refractivity contribution in [1.82, 2.24) is 4.90 Å². The van der Waals surface area contributed by atoms with Gasteiger partial charge >= 0.3 is 0 Å². The molecular weight excluding hydrogens is 154 g/mol. The molecule has 70 valence electrons. The molecule has 1 aliphatic heterocycles. The monoisotopic (exact) mass is 171 g/mol. The first-order valence-corrected chi connectivity index (χ1v) is 4.49. The Bertz CT molecular complexity index is 173. The maximum absolute atomic E-state index is 11.4. The molecule has 1 amide bonds. The van der Waals surface area contributed by atoms with Gasteiger partial charge in [-0.1, -0.05) is 20.8 Å². The highest BCUT2D eigenvalue weighted by Crippen LogP contribution is 2.17. The van der Waals surface area contributed by atoms with Crippen LogP contribution in [0.1, 0.15) is 20.8 Å². The summed E-state index contributed by atoms with van der Waals surface area (Å²) in [5, 5.41) is 9.43. The molecule has 3 heteroatoms. The first-order valence-electron chi connectivity index (χ1n) is 4.49. The van der Waals surface area contributed by atoms with Crippen LogP contribution in [0.5, 0.6) is 0 Å². The van der Waals surface area contributed by atoms with E-state index in [9.17, 15) is 9.90 Å².